The second kappa shape index (κ2) is 8.21. The molecule has 1 aromatic rings. The second-order valence-corrected chi connectivity index (χ2v) is 6.90. The highest BCUT2D eigenvalue weighted by Gasteiger charge is 2.16. The number of hydrogen-bond acceptors (Lipinski definition) is 5. The normalized spacial score (nSPS) is 12.9. The minimum atomic E-state index is -3.60. The summed E-state index contributed by atoms with van der Waals surface area (Å²) in [6.07, 6.45) is 0.946. The van der Waals surface area contributed by atoms with Crippen molar-refractivity contribution in [2.45, 2.75) is 17.9 Å². The van der Waals surface area contributed by atoms with Crippen LogP contribution in [-0.2, 0) is 19.4 Å². The van der Waals surface area contributed by atoms with Crippen LogP contribution in [0.2, 0.25) is 0 Å². The summed E-state index contributed by atoms with van der Waals surface area (Å²) in [4.78, 5) is 11.3. The van der Waals surface area contributed by atoms with E-state index in [1.165, 1.54) is 12.1 Å². The van der Waals surface area contributed by atoms with Crippen LogP contribution in [0, 0.1) is 5.82 Å². The Bertz CT molecular complexity index is 619. The summed E-state index contributed by atoms with van der Waals surface area (Å²) in [5.41, 5.74) is 0.496. The molecule has 0 bridgehead atoms. The molecule has 0 saturated carbocycles. The molecule has 1 unspecified atom stereocenters. The summed E-state index contributed by atoms with van der Waals surface area (Å²) in [7, 11) is -2.03. The van der Waals surface area contributed by atoms with Crippen LogP contribution in [0.1, 0.15) is 18.5 Å². The van der Waals surface area contributed by atoms with Gasteiger partial charge in [-0.15, -0.1) is 0 Å². The van der Waals surface area contributed by atoms with Crippen molar-refractivity contribution in [2.75, 3.05) is 33.1 Å². The van der Waals surface area contributed by atoms with E-state index in [0.29, 0.717) is 18.7 Å². The third-order valence-electron chi connectivity index (χ3n) is 3.00. The van der Waals surface area contributed by atoms with E-state index >= 15 is 0 Å². The number of methoxy groups -OCH3 is 1. The molecule has 1 amide bonds. The molecule has 1 aromatic carbocycles. The van der Waals surface area contributed by atoms with Crippen LogP contribution in [0.5, 0.6) is 0 Å². The van der Waals surface area contributed by atoms with Gasteiger partial charge in [-0.2, -0.15) is 0 Å². The Balaban J connectivity index is 2.64. The first-order chi connectivity index (χ1) is 10.3. The molecule has 6 nitrogen and oxygen atoms in total. The molecule has 1 atom stereocenters. The van der Waals surface area contributed by atoms with E-state index in [9.17, 15) is 17.6 Å². The zero-order valence-electron chi connectivity index (χ0n) is 12.8. The predicted octanol–water partition coefficient (Wildman–Crippen LogP) is 0.642. The highest BCUT2D eigenvalue weighted by molar-refractivity contribution is 7.90. The van der Waals surface area contributed by atoms with Crippen molar-refractivity contribution in [2.24, 2.45) is 0 Å². The smallest absolute Gasteiger partial charge is 0.234 e. The number of nitrogens with one attached hydrogen (secondary N) is 2. The average Bonchev–Trinajstić information content (AvgIpc) is 2.42. The number of rotatable bonds is 8. The Morgan fingerprint density at radius 2 is 2.09 bits per heavy atom. The van der Waals surface area contributed by atoms with E-state index in [0.717, 1.165) is 12.3 Å². The van der Waals surface area contributed by atoms with Crippen molar-refractivity contribution >= 4 is 15.7 Å². The van der Waals surface area contributed by atoms with Crippen molar-refractivity contribution in [1.82, 2.24) is 10.6 Å². The highest BCUT2D eigenvalue weighted by Crippen LogP contribution is 2.20. The van der Waals surface area contributed by atoms with Gasteiger partial charge < -0.3 is 15.4 Å². The molecular weight excluding hydrogens is 311 g/mol. The van der Waals surface area contributed by atoms with Gasteiger partial charge in [0.15, 0.2) is 9.84 Å². The van der Waals surface area contributed by atoms with Gasteiger partial charge in [-0.25, -0.2) is 12.8 Å². The van der Waals surface area contributed by atoms with E-state index in [-0.39, 0.29) is 17.3 Å². The topological polar surface area (TPSA) is 84.5 Å². The lowest BCUT2D eigenvalue weighted by Gasteiger charge is -2.15. The summed E-state index contributed by atoms with van der Waals surface area (Å²) < 4.78 is 41.4. The Morgan fingerprint density at radius 1 is 1.41 bits per heavy atom. The Labute approximate surface area is 130 Å². The number of halogens is 1. The number of benzene rings is 1. The van der Waals surface area contributed by atoms with Gasteiger partial charge in [0.05, 0.1) is 19.2 Å². The largest absolute Gasteiger partial charge is 0.383 e. The number of amides is 1. The molecule has 0 fully saturated rings. The van der Waals surface area contributed by atoms with Gasteiger partial charge in [0.25, 0.3) is 0 Å². The third-order valence-corrected chi connectivity index (χ3v) is 4.13. The van der Waals surface area contributed by atoms with E-state index in [1.54, 1.807) is 14.0 Å². The van der Waals surface area contributed by atoms with Crippen LogP contribution in [0.15, 0.2) is 23.1 Å². The molecule has 0 radical (unpaired) electrons. The fourth-order valence-corrected chi connectivity index (χ4v) is 2.57. The number of hydrogen-bond donors (Lipinski definition) is 2. The molecule has 0 aromatic heterocycles. The van der Waals surface area contributed by atoms with Gasteiger partial charge in [-0.05, 0) is 24.6 Å². The molecule has 8 heteroatoms. The van der Waals surface area contributed by atoms with E-state index in [1.807, 2.05) is 0 Å². The Kier molecular flexibility index (Phi) is 6.92. The predicted molar refractivity (Wildman–Crippen MR) is 80.8 cm³/mol. The first kappa shape index (κ1) is 18.5. The lowest BCUT2D eigenvalue weighted by molar-refractivity contribution is -0.120. The van der Waals surface area contributed by atoms with Gasteiger partial charge in [-0.1, -0.05) is 6.07 Å². The SMILES string of the molecule is COCCNCC(=O)NC(C)c1ccc(S(C)(=O)=O)c(F)c1. The summed E-state index contributed by atoms with van der Waals surface area (Å²) >= 11 is 0. The third kappa shape index (κ3) is 5.70. The maximum absolute atomic E-state index is 13.8. The summed E-state index contributed by atoms with van der Waals surface area (Å²) in [5.74, 6) is -1.06. The van der Waals surface area contributed by atoms with Crippen LogP contribution in [-0.4, -0.2) is 47.4 Å². The molecule has 2 N–H and O–H groups in total. The van der Waals surface area contributed by atoms with Crippen LogP contribution in [0.3, 0.4) is 0 Å². The van der Waals surface area contributed by atoms with E-state index in [2.05, 4.69) is 10.6 Å². The van der Waals surface area contributed by atoms with Crippen molar-refractivity contribution in [3.8, 4) is 0 Å². The summed E-state index contributed by atoms with van der Waals surface area (Å²) in [6, 6.07) is 3.39. The van der Waals surface area contributed by atoms with Gasteiger partial charge in [-0.3, -0.25) is 4.79 Å². The highest BCUT2D eigenvalue weighted by atomic mass is 32.2. The van der Waals surface area contributed by atoms with Crippen LogP contribution in [0.4, 0.5) is 4.39 Å². The van der Waals surface area contributed by atoms with Crippen molar-refractivity contribution in [3.05, 3.63) is 29.6 Å². The average molecular weight is 332 g/mol. The number of carbonyl (C=O) groups is 1. The first-order valence-corrected chi connectivity index (χ1v) is 8.63. The lowest BCUT2D eigenvalue weighted by Crippen LogP contribution is -2.36. The maximum atomic E-state index is 13.8. The van der Waals surface area contributed by atoms with Gasteiger partial charge >= 0.3 is 0 Å². The number of ether oxygens (including phenoxy) is 1. The molecule has 0 aliphatic rings. The van der Waals surface area contributed by atoms with Gasteiger partial charge in [0.2, 0.25) is 5.91 Å². The molecule has 1 rings (SSSR count). The Morgan fingerprint density at radius 3 is 2.64 bits per heavy atom. The van der Waals surface area contributed by atoms with E-state index < -0.39 is 21.7 Å². The maximum Gasteiger partial charge on any atom is 0.234 e. The standard InChI is InChI=1S/C14H21FN2O4S/c1-10(17-14(18)9-16-6-7-21-2)11-4-5-13(12(15)8-11)22(3,19)20/h4-5,8,10,16H,6-7,9H2,1-3H3,(H,17,18). The molecule has 0 aliphatic heterocycles. The minimum absolute atomic E-state index is 0.123. The Hall–Kier alpha value is -1.51. The van der Waals surface area contributed by atoms with Gasteiger partial charge in [0, 0.05) is 19.9 Å². The van der Waals surface area contributed by atoms with Crippen LogP contribution < -0.4 is 10.6 Å². The summed E-state index contributed by atoms with van der Waals surface area (Å²) in [6.45, 7) is 2.87. The van der Waals surface area contributed by atoms with Crippen LogP contribution in [0.25, 0.3) is 0 Å². The number of sulfone groups is 1. The number of carbonyl (C=O) groups excluding carboxylic acids is 1. The zero-order chi connectivity index (χ0) is 16.8. The van der Waals surface area contributed by atoms with Crippen molar-refractivity contribution < 1.29 is 22.3 Å². The molecular formula is C14H21FN2O4S. The summed E-state index contributed by atoms with van der Waals surface area (Å²) in [5, 5.41) is 5.59. The minimum Gasteiger partial charge on any atom is -0.383 e. The van der Waals surface area contributed by atoms with Gasteiger partial charge in [0.1, 0.15) is 10.7 Å². The molecule has 0 heterocycles. The molecule has 0 saturated heterocycles. The fourth-order valence-electron chi connectivity index (χ4n) is 1.84. The molecule has 0 spiro atoms. The molecule has 22 heavy (non-hydrogen) atoms. The first-order valence-electron chi connectivity index (χ1n) is 6.74. The monoisotopic (exact) mass is 332 g/mol. The quantitative estimate of drug-likeness (QED) is 0.683. The van der Waals surface area contributed by atoms with Crippen molar-refractivity contribution in [3.63, 3.8) is 0 Å². The fraction of sp³-hybridized carbons (Fsp3) is 0.500. The van der Waals surface area contributed by atoms with Crippen molar-refractivity contribution in [1.29, 1.82) is 0 Å². The zero-order valence-corrected chi connectivity index (χ0v) is 13.7. The second-order valence-electron chi connectivity index (χ2n) is 4.92. The van der Waals surface area contributed by atoms with Crippen LogP contribution >= 0.6 is 0 Å². The molecule has 0 aliphatic carbocycles. The van der Waals surface area contributed by atoms with E-state index in [4.69, 9.17) is 4.74 Å². The lowest BCUT2D eigenvalue weighted by atomic mass is 10.1. The molecule has 124 valence electrons.